The standard InChI is InChI=1S/C16H12O5/c17-14-9-10(4-6-15(18)19)8-13-11(5-7-16(20)21)2-1-3-12(13)14/h1-9,17H,(H,18,19)(H,20,21). The van der Waals surface area contributed by atoms with Crippen molar-refractivity contribution in [2.24, 2.45) is 0 Å². The fraction of sp³-hybridized carbons (Fsp3) is 0. The Kier molecular flexibility index (Phi) is 4.04. The fourth-order valence-corrected chi connectivity index (χ4v) is 1.98. The first-order valence-corrected chi connectivity index (χ1v) is 6.05. The summed E-state index contributed by atoms with van der Waals surface area (Å²) in [6.45, 7) is 0. The molecule has 0 fully saturated rings. The summed E-state index contributed by atoms with van der Waals surface area (Å²) in [7, 11) is 0. The Bertz CT molecular complexity index is 772. The van der Waals surface area contributed by atoms with Crippen molar-refractivity contribution in [3.8, 4) is 5.75 Å². The molecular formula is C16H12O5. The normalized spacial score (nSPS) is 11.4. The van der Waals surface area contributed by atoms with Crippen LogP contribution < -0.4 is 0 Å². The highest BCUT2D eigenvalue weighted by Crippen LogP contribution is 2.30. The van der Waals surface area contributed by atoms with Crippen molar-refractivity contribution < 1.29 is 24.9 Å². The maximum Gasteiger partial charge on any atom is 0.328 e. The summed E-state index contributed by atoms with van der Waals surface area (Å²) in [4.78, 5) is 21.1. The lowest BCUT2D eigenvalue weighted by molar-refractivity contribution is -0.132. The van der Waals surface area contributed by atoms with Crippen molar-refractivity contribution in [1.82, 2.24) is 0 Å². The molecule has 0 atom stereocenters. The van der Waals surface area contributed by atoms with E-state index in [1.165, 1.54) is 18.2 Å². The third-order valence-electron chi connectivity index (χ3n) is 2.85. The van der Waals surface area contributed by atoms with Crippen molar-refractivity contribution in [2.75, 3.05) is 0 Å². The largest absolute Gasteiger partial charge is 0.507 e. The van der Waals surface area contributed by atoms with Crippen molar-refractivity contribution in [3.05, 3.63) is 53.6 Å². The molecule has 106 valence electrons. The van der Waals surface area contributed by atoms with Crippen LogP contribution >= 0.6 is 0 Å². The molecule has 21 heavy (non-hydrogen) atoms. The second kappa shape index (κ2) is 5.92. The summed E-state index contributed by atoms with van der Waals surface area (Å²) in [5, 5.41) is 28.5. The molecular weight excluding hydrogens is 272 g/mol. The Morgan fingerprint density at radius 1 is 0.905 bits per heavy atom. The number of aromatic hydroxyl groups is 1. The van der Waals surface area contributed by atoms with Gasteiger partial charge in [-0.25, -0.2) is 9.59 Å². The van der Waals surface area contributed by atoms with Crippen molar-refractivity contribution in [2.45, 2.75) is 0 Å². The molecule has 0 heterocycles. The molecule has 5 heteroatoms. The summed E-state index contributed by atoms with van der Waals surface area (Å²) < 4.78 is 0. The van der Waals surface area contributed by atoms with Gasteiger partial charge in [0.25, 0.3) is 0 Å². The Hall–Kier alpha value is -3.08. The Balaban J connectivity index is 2.61. The number of carboxylic acid groups (broad SMARTS) is 2. The van der Waals surface area contributed by atoms with E-state index in [1.54, 1.807) is 24.3 Å². The van der Waals surface area contributed by atoms with Gasteiger partial charge in [-0.3, -0.25) is 0 Å². The molecule has 2 aromatic rings. The van der Waals surface area contributed by atoms with E-state index in [0.717, 1.165) is 12.2 Å². The van der Waals surface area contributed by atoms with Gasteiger partial charge in [-0.05, 0) is 40.8 Å². The van der Waals surface area contributed by atoms with Crippen molar-refractivity contribution in [1.29, 1.82) is 0 Å². The number of aliphatic carboxylic acids is 2. The summed E-state index contributed by atoms with van der Waals surface area (Å²) in [6, 6.07) is 8.26. The lowest BCUT2D eigenvalue weighted by Gasteiger charge is -2.06. The van der Waals surface area contributed by atoms with Crippen LogP contribution in [0, 0.1) is 0 Å². The molecule has 2 aromatic carbocycles. The van der Waals surface area contributed by atoms with Gasteiger partial charge in [0.15, 0.2) is 0 Å². The van der Waals surface area contributed by atoms with Gasteiger partial charge in [0.2, 0.25) is 0 Å². The van der Waals surface area contributed by atoms with E-state index in [4.69, 9.17) is 10.2 Å². The van der Waals surface area contributed by atoms with Crippen LogP contribution in [0.15, 0.2) is 42.5 Å². The zero-order chi connectivity index (χ0) is 15.4. The predicted octanol–water partition coefficient (Wildman–Crippen LogP) is 2.74. The third kappa shape index (κ3) is 3.48. The number of phenols is 1. The van der Waals surface area contributed by atoms with Crippen LogP contribution in [0.2, 0.25) is 0 Å². The molecule has 2 rings (SSSR count). The molecule has 0 aliphatic carbocycles. The minimum Gasteiger partial charge on any atom is -0.507 e. The van der Waals surface area contributed by atoms with Gasteiger partial charge in [0, 0.05) is 17.5 Å². The van der Waals surface area contributed by atoms with Gasteiger partial charge in [-0.15, -0.1) is 0 Å². The maximum absolute atomic E-state index is 10.6. The van der Waals surface area contributed by atoms with E-state index in [-0.39, 0.29) is 5.75 Å². The van der Waals surface area contributed by atoms with Crippen molar-refractivity contribution >= 4 is 34.9 Å². The van der Waals surface area contributed by atoms with Crippen molar-refractivity contribution in [3.63, 3.8) is 0 Å². The average Bonchev–Trinajstić information content (AvgIpc) is 2.43. The van der Waals surface area contributed by atoms with E-state index in [1.807, 2.05) is 0 Å². The quantitative estimate of drug-likeness (QED) is 0.750. The molecule has 0 spiro atoms. The number of fused-ring (bicyclic) bond motifs is 1. The molecule has 0 aliphatic rings. The first-order valence-electron chi connectivity index (χ1n) is 6.05. The monoisotopic (exact) mass is 284 g/mol. The van der Waals surface area contributed by atoms with Crippen LogP contribution in [0.3, 0.4) is 0 Å². The van der Waals surface area contributed by atoms with Crippen LogP contribution in [0.4, 0.5) is 0 Å². The number of hydrogen-bond donors (Lipinski definition) is 3. The van der Waals surface area contributed by atoms with E-state index in [0.29, 0.717) is 21.9 Å². The summed E-state index contributed by atoms with van der Waals surface area (Å²) in [6.07, 6.45) is 4.76. The molecule has 0 aliphatic heterocycles. The van der Waals surface area contributed by atoms with Gasteiger partial charge < -0.3 is 15.3 Å². The van der Waals surface area contributed by atoms with E-state index < -0.39 is 11.9 Å². The summed E-state index contributed by atoms with van der Waals surface area (Å²) in [5.41, 5.74) is 1.13. The van der Waals surface area contributed by atoms with E-state index >= 15 is 0 Å². The van der Waals surface area contributed by atoms with Gasteiger partial charge in [-0.1, -0.05) is 18.2 Å². The minimum atomic E-state index is -1.09. The molecule has 0 unspecified atom stereocenters. The maximum atomic E-state index is 10.6. The Labute approximate surface area is 120 Å². The molecule has 0 aromatic heterocycles. The van der Waals surface area contributed by atoms with E-state index in [2.05, 4.69) is 0 Å². The third-order valence-corrected chi connectivity index (χ3v) is 2.85. The molecule has 3 N–H and O–H groups in total. The smallest absolute Gasteiger partial charge is 0.328 e. The zero-order valence-corrected chi connectivity index (χ0v) is 10.9. The first kappa shape index (κ1) is 14.3. The summed E-state index contributed by atoms with van der Waals surface area (Å²) >= 11 is 0. The number of phenolic OH excluding ortho intramolecular Hbond substituents is 1. The molecule has 0 saturated carbocycles. The molecule has 5 nitrogen and oxygen atoms in total. The highest BCUT2D eigenvalue weighted by Gasteiger charge is 2.05. The molecule has 0 saturated heterocycles. The topological polar surface area (TPSA) is 94.8 Å². The number of carbonyl (C=O) groups is 2. The lowest BCUT2D eigenvalue weighted by Crippen LogP contribution is -1.88. The highest BCUT2D eigenvalue weighted by molar-refractivity contribution is 5.98. The highest BCUT2D eigenvalue weighted by atomic mass is 16.4. The molecule has 0 bridgehead atoms. The van der Waals surface area contributed by atoms with Gasteiger partial charge >= 0.3 is 11.9 Å². The fourth-order valence-electron chi connectivity index (χ4n) is 1.98. The number of hydrogen-bond acceptors (Lipinski definition) is 3. The van der Waals surface area contributed by atoms with Crippen LogP contribution in [-0.2, 0) is 9.59 Å². The van der Waals surface area contributed by atoms with Gasteiger partial charge in [0.1, 0.15) is 5.75 Å². The van der Waals surface area contributed by atoms with Crippen LogP contribution in [0.25, 0.3) is 22.9 Å². The molecule has 0 radical (unpaired) electrons. The second-order valence-corrected chi connectivity index (χ2v) is 4.33. The SMILES string of the molecule is O=C(O)C=Cc1cc(O)c2cccc(C=CC(=O)O)c2c1. The zero-order valence-electron chi connectivity index (χ0n) is 10.9. The first-order chi connectivity index (χ1) is 9.97. The number of carboxylic acids is 2. The molecule has 0 amide bonds. The Morgan fingerprint density at radius 2 is 1.57 bits per heavy atom. The van der Waals surface area contributed by atoms with E-state index in [9.17, 15) is 14.7 Å². The second-order valence-electron chi connectivity index (χ2n) is 4.33. The average molecular weight is 284 g/mol. The lowest BCUT2D eigenvalue weighted by atomic mass is 10.0. The predicted molar refractivity (Wildman–Crippen MR) is 79.0 cm³/mol. The van der Waals surface area contributed by atoms with Crippen LogP contribution in [-0.4, -0.2) is 27.3 Å². The Morgan fingerprint density at radius 3 is 2.24 bits per heavy atom. The minimum absolute atomic E-state index is 0.00288. The van der Waals surface area contributed by atoms with Crippen LogP contribution in [0.1, 0.15) is 11.1 Å². The van der Waals surface area contributed by atoms with Gasteiger partial charge in [-0.2, -0.15) is 0 Å². The summed E-state index contributed by atoms with van der Waals surface area (Å²) in [5.74, 6) is -2.16. The number of rotatable bonds is 4. The number of benzene rings is 2. The van der Waals surface area contributed by atoms with Gasteiger partial charge in [0.05, 0.1) is 0 Å². The van der Waals surface area contributed by atoms with Crippen LogP contribution in [0.5, 0.6) is 5.75 Å².